The van der Waals surface area contributed by atoms with E-state index in [2.05, 4.69) is 5.32 Å². The van der Waals surface area contributed by atoms with Gasteiger partial charge in [-0.15, -0.1) is 0 Å². The lowest BCUT2D eigenvalue weighted by atomic mass is 10.1. The predicted octanol–water partition coefficient (Wildman–Crippen LogP) is 4.39. The molecule has 1 N–H and O–H groups in total. The Hall–Kier alpha value is -2.11. The van der Waals surface area contributed by atoms with E-state index in [1.807, 2.05) is 6.92 Å². The maximum Gasteiger partial charge on any atom is 0.288 e. The van der Waals surface area contributed by atoms with Gasteiger partial charge in [0.15, 0.2) is 0 Å². The number of hydrogen-bond donors (Lipinski definition) is 1. The van der Waals surface area contributed by atoms with Crippen molar-refractivity contribution in [2.45, 2.75) is 13.0 Å². The first-order chi connectivity index (χ1) is 10.4. The molecule has 0 bridgehead atoms. The monoisotopic (exact) mass is 338 g/mol. The van der Waals surface area contributed by atoms with Gasteiger partial charge in [-0.1, -0.05) is 35.3 Å². The first-order valence-electron chi connectivity index (χ1n) is 6.38. The van der Waals surface area contributed by atoms with E-state index in [0.29, 0.717) is 5.02 Å². The predicted molar refractivity (Wildman–Crippen MR) is 85.4 cm³/mol. The standard InChI is InChI=1S/C15H12Cl2N2O3/c1-9(10-2-5-12(16)6-3-10)18-15(20)11-4-7-13(17)14(8-11)19(21)22/h2-9H,1H3,(H,18,20)/t9-/m0/s1. The highest BCUT2D eigenvalue weighted by molar-refractivity contribution is 6.32. The van der Waals surface area contributed by atoms with Gasteiger partial charge >= 0.3 is 0 Å². The maximum absolute atomic E-state index is 12.2. The lowest BCUT2D eigenvalue weighted by Gasteiger charge is -2.14. The molecule has 1 atom stereocenters. The molecule has 0 aliphatic rings. The SMILES string of the molecule is C[C@H](NC(=O)c1ccc(Cl)c([N+](=O)[O-])c1)c1ccc(Cl)cc1. The fraction of sp³-hybridized carbons (Fsp3) is 0.133. The van der Waals surface area contributed by atoms with Crippen molar-refractivity contribution in [2.24, 2.45) is 0 Å². The number of rotatable bonds is 4. The molecule has 0 heterocycles. The number of hydrogen-bond acceptors (Lipinski definition) is 3. The molecule has 22 heavy (non-hydrogen) atoms. The van der Waals surface area contributed by atoms with E-state index >= 15 is 0 Å². The van der Waals surface area contributed by atoms with E-state index < -0.39 is 10.8 Å². The van der Waals surface area contributed by atoms with E-state index in [1.54, 1.807) is 24.3 Å². The van der Waals surface area contributed by atoms with Crippen molar-refractivity contribution in [1.82, 2.24) is 5.32 Å². The van der Waals surface area contributed by atoms with Gasteiger partial charge in [0.05, 0.1) is 11.0 Å². The lowest BCUT2D eigenvalue weighted by molar-refractivity contribution is -0.384. The first-order valence-corrected chi connectivity index (χ1v) is 7.14. The van der Waals surface area contributed by atoms with Gasteiger partial charge in [0.25, 0.3) is 11.6 Å². The van der Waals surface area contributed by atoms with Crippen LogP contribution in [0.3, 0.4) is 0 Å². The molecular weight excluding hydrogens is 327 g/mol. The van der Waals surface area contributed by atoms with Crippen LogP contribution in [-0.2, 0) is 0 Å². The molecule has 0 saturated heterocycles. The van der Waals surface area contributed by atoms with Crippen LogP contribution in [0, 0.1) is 10.1 Å². The number of carbonyl (C=O) groups excluding carboxylic acids is 1. The zero-order valence-corrected chi connectivity index (χ0v) is 13.1. The highest BCUT2D eigenvalue weighted by atomic mass is 35.5. The van der Waals surface area contributed by atoms with E-state index in [1.165, 1.54) is 12.1 Å². The van der Waals surface area contributed by atoms with Crippen LogP contribution in [0.4, 0.5) is 5.69 Å². The summed E-state index contributed by atoms with van der Waals surface area (Å²) in [5.74, 6) is -0.415. The molecule has 0 spiro atoms. The smallest absolute Gasteiger partial charge is 0.288 e. The van der Waals surface area contributed by atoms with Gasteiger partial charge in [0.1, 0.15) is 5.02 Å². The molecule has 0 unspecified atom stereocenters. The number of benzene rings is 2. The summed E-state index contributed by atoms with van der Waals surface area (Å²) in [6.07, 6.45) is 0. The summed E-state index contributed by atoms with van der Waals surface area (Å²) in [7, 11) is 0. The number of halogens is 2. The maximum atomic E-state index is 12.2. The number of nitro benzene ring substituents is 1. The molecule has 7 heteroatoms. The minimum Gasteiger partial charge on any atom is -0.346 e. The topological polar surface area (TPSA) is 72.2 Å². The minimum absolute atomic E-state index is 0.00713. The number of nitrogens with zero attached hydrogens (tertiary/aromatic N) is 1. The quantitative estimate of drug-likeness (QED) is 0.663. The fourth-order valence-electron chi connectivity index (χ4n) is 1.91. The molecule has 0 aliphatic heterocycles. The Morgan fingerprint density at radius 1 is 1.18 bits per heavy atom. The molecule has 0 aliphatic carbocycles. The Labute approximate surface area is 137 Å². The molecule has 5 nitrogen and oxygen atoms in total. The molecule has 0 radical (unpaired) electrons. The molecule has 2 aromatic carbocycles. The summed E-state index contributed by atoms with van der Waals surface area (Å²) in [5.41, 5.74) is 0.756. The second-order valence-corrected chi connectivity index (χ2v) is 5.51. The third-order valence-corrected chi connectivity index (χ3v) is 3.69. The molecule has 0 saturated carbocycles. The Morgan fingerprint density at radius 3 is 2.41 bits per heavy atom. The summed E-state index contributed by atoms with van der Waals surface area (Å²) in [5, 5.41) is 14.2. The summed E-state index contributed by atoms with van der Waals surface area (Å²) in [4.78, 5) is 22.4. The number of amides is 1. The Bertz CT molecular complexity index is 717. The van der Waals surface area contributed by atoms with Crippen molar-refractivity contribution >= 4 is 34.8 Å². The van der Waals surface area contributed by atoms with Gasteiger partial charge < -0.3 is 5.32 Å². The third-order valence-electron chi connectivity index (χ3n) is 3.12. The van der Waals surface area contributed by atoms with Crippen molar-refractivity contribution in [3.63, 3.8) is 0 Å². The molecule has 1 amide bonds. The average Bonchev–Trinajstić information content (AvgIpc) is 2.47. The van der Waals surface area contributed by atoms with Crippen LogP contribution in [0.2, 0.25) is 10.0 Å². The van der Waals surface area contributed by atoms with Gasteiger partial charge in [-0.25, -0.2) is 0 Å². The van der Waals surface area contributed by atoms with Crippen LogP contribution in [0.25, 0.3) is 0 Å². The van der Waals surface area contributed by atoms with Crippen molar-refractivity contribution < 1.29 is 9.72 Å². The molecule has 0 aromatic heterocycles. The Kier molecular flexibility index (Phi) is 5.00. The van der Waals surface area contributed by atoms with Gasteiger partial charge in [0.2, 0.25) is 0 Å². The molecular formula is C15H12Cl2N2O3. The van der Waals surface area contributed by atoms with Crippen molar-refractivity contribution in [2.75, 3.05) is 0 Å². The zero-order chi connectivity index (χ0) is 16.3. The van der Waals surface area contributed by atoms with Crippen LogP contribution in [0.5, 0.6) is 0 Å². The molecule has 2 rings (SSSR count). The van der Waals surface area contributed by atoms with Gasteiger partial charge in [-0.05, 0) is 36.8 Å². The summed E-state index contributed by atoms with van der Waals surface area (Å²) in [6, 6.07) is 10.7. The van der Waals surface area contributed by atoms with E-state index in [9.17, 15) is 14.9 Å². The highest BCUT2D eigenvalue weighted by Gasteiger charge is 2.17. The minimum atomic E-state index is -0.623. The molecule has 0 fully saturated rings. The second-order valence-electron chi connectivity index (χ2n) is 4.67. The largest absolute Gasteiger partial charge is 0.346 e. The van der Waals surface area contributed by atoms with Crippen molar-refractivity contribution in [3.8, 4) is 0 Å². The average molecular weight is 339 g/mol. The van der Waals surface area contributed by atoms with Crippen LogP contribution in [-0.4, -0.2) is 10.8 Å². The Balaban J connectivity index is 2.16. The fourth-order valence-corrected chi connectivity index (χ4v) is 2.22. The molecule has 2 aromatic rings. The van der Waals surface area contributed by atoms with E-state index in [-0.39, 0.29) is 22.3 Å². The van der Waals surface area contributed by atoms with Gasteiger partial charge in [-0.2, -0.15) is 0 Å². The number of nitrogens with one attached hydrogen (secondary N) is 1. The summed E-state index contributed by atoms with van der Waals surface area (Å²) >= 11 is 11.5. The summed E-state index contributed by atoms with van der Waals surface area (Å²) < 4.78 is 0. The highest BCUT2D eigenvalue weighted by Crippen LogP contribution is 2.25. The first kappa shape index (κ1) is 16.3. The van der Waals surface area contributed by atoms with Crippen LogP contribution < -0.4 is 5.32 Å². The van der Waals surface area contributed by atoms with Crippen LogP contribution >= 0.6 is 23.2 Å². The Morgan fingerprint density at radius 2 is 1.82 bits per heavy atom. The third kappa shape index (κ3) is 3.75. The lowest BCUT2D eigenvalue weighted by Crippen LogP contribution is -2.26. The van der Waals surface area contributed by atoms with E-state index in [0.717, 1.165) is 11.6 Å². The number of nitro groups is 1. The summed E-state index contributed by atoms with van der Waals surface area (Å²) in [6.45, 7) is 1.81. The van der Waals surface area contributed by atoms with Crippen LogP contribution in [0.1, 0.15) is 28.9 Å². The zero-order valence-electron chi connectivity index (χ0n) is 11.5. The van der Waals surface area contributed by atoms with Gasteiger partial charge in [-0.3, -0.25) is 14.9 Å². The van der Waals surface area contributed by atoms with Crippen LogP contribution in [0.15, 0.2) is 42.5 Å². The normalized spacial score (nSPS) is 11.8. The molecule has 114 valence electrons. The number of carbonyl (C=O) groups is 1. The van der Waals surface area contributed by atoms with Gasteiger partial charge in [0, 0.05) is 16.7 Å². The van der Waals surface area contributed by atoms with E-state index in [4.69, 9.17) is 23.2 Å². The van der Waals surface area contributed by atoms with Crippen molar-refractivity contribution in [1.29, 1.82) is 0 Å². The second kappa shape index (κ2) is 6.77. The van der Waals surface area contributed by atoms with Crippen molar-refractivity contribution in [3.05, 3.63) is 73.8 Å².